The first-order chi connectivity index (χ1) is 11.6. The van der Waals surface area contributed by atoms with Gasteiger partial charge in [-0.3, -0.25) is 0 Å². The molecule has 0 aliphatic heterocycles. The van der Waals surface area contributed by atoms with Crippen LogP contribution >= 0.6 is 0 Å². The SMILES string of the molecule is Cc1ccc2c(-c3nc(NC4CCCC4)ncc3C)nn(C)c2n1. The molecular weight excluding hydrogens is 300 g/mol. The van der Waals surface area contributed by atoms with Crippen LogP contribution in [0.4, 0.5) is 5.95 Å². The maximum absolute atomic E-state index is 4.77. The summed E-state index contributed by atoms with van der Waals surface area (Å²) in [5, 5.41) is 9.17. The Kier molecular flexibility index (Phi) is 3.67. The Labute approximate surface area is 141 Å². The third-order valence-electron chi connectivity index (χ3n) is 4.71. The van der Waals surface area contributed by atoms with Crippen LogP contribution in [-0.4, -0.2) is 30.8 Å². The molecule has 1 fully saturated rings. The van der Waals surface area contributed by atoms with Crippen molar-refractivity contribution in [2.75, 3.05) is 5.32 Å². The fourth-order valence-corrected chi connectivity index (χ4v) is 3.40. The molecule has 1 aliphatic rings. The Bertz CT molecular complexity index is 892. The molecule has 0 bridgehead atoms. The fraction of sp³-hybridized carbons (Fsp3) is 0.444. The summed E-state index contributed by atoms with van der Waals surface area (Å²) < 4.78 is 1.82. The number of fused-ring (bicyclic) bond motifs is 1. The first kappa shape index (κ1) is 15.1. The summed E-state index contributed by atoms with van der Waals surface area (Å²) in [6.07, 6.45) is 6.84. The molecule has 4 rings (SSSR count). The minimum Gasteiger partial charge on any atom is -0.351 e. The number of nitrogens with zero attached hydrogens (tertiary/aromatic N) is 5. The average Bonchev–Trinajstić information content (AvgIpc) is 3.18. The number of rotatable bonds is 3. The lowest BCUT2D eigenvalue weighted by Gasteiger charge is -2.13. The van der Waals surface area contributed by atoms with Gasteiger partial charge in [-0.15, -0.1) is 0 Å². The molecule has 0 aromatic carbocycles. The molecule has 3 heterocycles. The van der Waals surface area contributed by atoms with E-state index in [9.17, 15) is 0 Å². The molecule has 6 heteroatoms. The van der Waals surface area contributed by atoms with Crippen LogP contribution in [0.2, 0.25) is 0 Å². The van der Waals surface area contributed by atoms with Gasteiger partial charge in [-0.05, 0) is 44.4 Å². The van der Waals surface area contributed by atoms with Crippen LogP contribution in [0.25, 0.3) is 22.4 Å². The highest BCUT2D eigenvalue weighted by molar-refractivity contribution is 5.91. The third kappa shape index (κ3) is 2.62. The predicted molar refractivity (Wildman–Crippen MR) is 94.9 cm³/mol. The maximum Gasteiger partial charge on any atom is 0.223 e. The highest BCUT2D eigenvalue weighted by atomic mass is 15.3. The molecule has 0 saturated heterocycles. The van der Waals surface area contributed by atoms with Crippen LogP contribution in [0.3, 0.4) is 0 Å². The largest absolute Gasteiger partial charge is 0.351 e. The van der Waals surface area contributed by atoms with E-state index in [-0.39, 0.29) is 0 Å². The van der Waals surface area contributed by atoms with Gasteiger partial charge in [0.05, 0.1) is 5.69 Å². The molecule has 3 aromatic rings. The molecule has 3 aromatic heterocycles. The molecule has 1 saturated carbocycles. The van der Waals surface area contributed by atoms with Crippen molar-refractivity contribution in [3.05, 3.63) is 29.6 Å². The zero-order chi connectivity index (χ0) is 16.7. The lowest BCUT2D eigenvalue weighted by molar-refractivity contribution is 0.743. The number of anilines is 1. The second-order valence-electron chi connectivity index (χ2n) is 6.65. The number of aromatic nitrogens is 5. The Hall–Kier alpha value is -2.50. The van der Waals surface area contributed by atoms with Gasteiger partial charge in [-0.25, -0.2) is 19.6 Å². The van der Waals surface area contributed by atoms with Crippen molar-refractivity contribution in [3.8, 4) is 11.4 Å². The smallest absolute Gasteiger partial charge is 0.223 e. The van der Waals surface area contributed by atoms with E-state index in [1.54, 1.807) is 0 Å². The van der Waals surface area contributed by atoms with Gasteiger partial charge in [0, 0.05) is 30.4 Å². The van der Waals surface area contributed by atoms with E-state index < -0.39 is 0 Å². The van der Waals surface area contributed by atoms with Crippen molar-refractivity contribution in [3.63, 3.8) is 0 Å². The number of aryl methyl sites for hydroxylation is 3. The summed E-state index contributed by atoms with van der Waals surface area (Å²) in [5.41, 5.74) is 4.64. The molecular formula is C18H22N6. The second-order valence-corrected chi connectivity index (χ2v) is 6.65. The van der Waals surface area contributed by atoms with Crippen LogP contribution in [0, 0.1) is 13.8 Å². The highest BCUT2D eigenvalue weighted by Crippen LogP contribution is 2.29. The average molecular weight is 322 g/mol. The van der Waals surface area contributed by atoms with E-state index in [1.165, 1.54) is 25.7 Å². The molecule has 0 spiro atoms. The lowest BCUT2D eigenvalue weighted by atomic mass is 10.1. The van der Waals surface area contributed by atoms with Gasteiger partial charge in [-0.2, -0.15) is 5.10 Å². The molecule has 124 valence electrons. The Morgan fingerprint density at radius 2 is 1.88 bits per heavy atom. The summed E-state index contributed by atoms with van der Waals surface area (Å²) in [5.74, 6) is 0.696. The third-order valence-corrected chi connectivity index (χ3v) is 4.71. The van der Waals surface area contributed by atoms with Crippen molar-refractivity contribution in [2.45, 2.75) is 45.6 Å². The van der Waals surface area contributed by atoms with Gasteiger partial charge in [0.15, 0.2) is 5.65 Å². The quantitative estimate of drug-likeness (QED) is 0.800. The van der Waals surface area contributed by atoms with Gasteiger partial charge in [-0.1, -0.05) is 12.8 Å². The van der Waals surface area contributed by atoms with Crippen molar-refractivity contribution in [2.24, 2.45) is 7.05 Å². The molecule has 6 nitrogen and oxygen atoms in total. The molecule has 1 N–H and O–H groups in total. The van der Waals surface area contributed by atoms with Crippen molar-refractivity contribution >= 4 is 17.0 Å². The lowest BCUT2D eigenvalue weighted by Crippen LogP contribution is -2.17. The first-order valence-electron chi connectivity index (χ1n) is 8.53. The van der Waals surface area contributed by atoms with Crippen molar-refractivity contribution in [1.29, 1.82) is 0 Å². The monoisotopic (exact) mass is 322 g/mol. The number of nitrogens with one attached hydrogen (secondary N) is 1. The van der Waals surface area contributed by atoms with E-state index >= 15 is 0 Å². The summed E-state index contributed by atoms with van der Waals surface area (Å²) in [7, 11) is 1.92. The minimum absolute atomic E-state index is 0.491. The summed E-state index contributed by atoms with van der Waals surface area (Å²) >= 11 is 0. The van der Waals surface area contributed by atoms with Gasteiger partial charge in [0.2, 0.25) is 5.95 Å². The number of hydrogen-bond acceptors (Lipinski definition) is 5. The van der Waals surface area contributed by atoms with Gasteiger partial charge in [0.1, 0.15) is 5.69 Å². The van der Waals surface area contributed by atoms with Crippen molar-refractivity contribution < 1.29 is 0 Å². The zero-order valence-corrected chi connectivity index (χ0v) is 14.4. The molecule has 0 unspecified atom stereocenters. The second kappa shape index (κ2) is 5.85. The minimum atomic E-state index is 0.491. The normalized spacial score (nSPS) is 15.3. The van der Waals surface area contributed by atoms with Gasteiger partial charge >= 0.3 is 0 Å². The van der Waals surface area contributed by atoms with E-state index in [1.807, 2.05) is 37.8 Å². The first-order valence-corrected chi connectivity index (χ1v) is 8.53. The summed E-state index contributed by atoms with van der Waals surface area (Å²) in [6, 6.07) is 4.58. The Morgan fingerprint density at radius 1 is 1.08 bits per heavy atom. The molecule has 0 radical (unpaired) electrons. The Balaban J connectivity index is 1.78. The maximum atomic E-state index is 4.77. The zero-order valence-electron chi connectivity index (χ0n) is 14.4. The van der Waals surface area contributed by atoms with E-state index in [0.717, 1.165) is 33.7 Å². The predicted octanol–water partition coefficient (Wildman–Crippen LogP) is 3.40. The summed E-state index contributed by atoms with van der Waals surface area (Å²) in [6.45, 7) is 4.02. The highest BCUT2D eigenvalue weighted by Gasteiger charge is 2.19. The van der Waals surface area contributed by atoms with Crippen LogP contribution in [-0.2, 0) is 7.05 Å². The Morgan fingerprint density at radius 3 is 2.67 bits per heavy atom. The standard InChI is InChI=1S/C18H22N6/c1-11-10-19-18(21-13-6-4-5-7-13)22-15(11)16-14-9-8-12(2)20-17(14)24(3)23-16/h8-10,13H,4-7H2,1-3H3,(H,19,21,22). The van der Waals surface area contributed by atoms with Gasteiger partial charge < -0.3 is 5.32 Å². The van der Waals surface area contributed by atoms with Crippen molar-refractivity contribution in [1.82, 2.24) is 24.7 Å². The van der Waals surface area contributed by atoms with Crippen LogP contribution < -0.4 is 5.32 Å². The number of hydrogen-bond donors (Lipinski definition) is 1. The number of pyridine rings is 1. The molecule has 1 aliphatic carbocycles. The summed E-state index contributed by atoms with van der Waals surface area (Å²) in [4.78, 5) is 13.8. The topological polar surface area (TPSA) is 68.5 Å². The fourth-order valence-electron chi connectivity index (χ4n) is 3.40. The van der Waals surface area contributed by atoms with Crippen LogP contribution in [0.1, 0.15) is 36.9 Å². The molecule has 0 atom stereocenters. The van der Waals surface area contributed by atoms with Gasteiger partial charge in [0.25, 0.3) is 0 Å². The van der Waals surface area contributed by atoms with Crippen LogP contribution in [0.5, 0.6) is 0 Å². The molecule has 0 amide bonds. The van der Waals surface area contributed by atoms with E-state index in [2.05, 4.69) is 26.4 Å². The van der Waals surface area contributed by atoms with Crippen LogP contribution in [0.15, 0.2) is 18.3 Å². The van der Waals surface area contributed by atoms with E-state index in [4.69, 9.17) is 4.98 Å². The molecule has 24 heavy (non-hydrogen) atoms. The van der Waals surface area contributed by atoms with E-state index in [0.29, 0.717) is 12.0 Å².